The van der Waals surface area contributed by atoms with Crippen LogP contribution in [0.5, 0.6) is 5.75 Å². The number of para-hydroxylation sites is 1. The Morgan fingerprint density at radius 2 is 2.12 bits per heavy atom. The van der Waals surface area contributed by atoms with Gasteiger partial charge in [0, 0.05) is 32.6 Å². The normalized spacial score (nSPS) is 17.4. The fourth-order valence-corrected chi connectivity index (χ4v) is 2.86. The van der Waals surface area contributed by atoms with Gasteiger partial charge in [-0.15, -0.1) is 0 Å². The van der Waals surface area contributed by atoms with Gasteiger partial charge in [-0.05, 0) is 32.1 Å². The quantitative estimate of drug-likeness (QED) is 0.763. The lowest BCUT2D eigenvalue weighted by Gasteiger charge is -2.19. The molecule has 1 aliphatic rings. The van der Waals surface area contributed by atoms with E-state index in [0.717, 1.165) is 17.9 Å². The second kappa shape index (κ2) is 8.68. The Morgan fingerprint density at radius 3 is 2.83 bits per heavy atom. The minimum atomic E-state index is -0.239. The predicted molar refractivity (Wildman–Crippen MR) is 92.9 cm³/mol. The van der Waals surface area contributed by atoms with Gasteiger partial charge in [-0.25, -0.2) is 0 Å². The van der Waals surface area contributed by atoms with Crippen molar-refractivity contribution in [1.82, 2.24) is 15.1 Å². The second-order valence-corrected chi connectivity index (χ2v) is 6.40. The molecule has 1 aromatic rings. The first-order valence-electron chi connectivity index (χ1n) is 8.33. The van der Waals surface area contributed by atoms with Crippen molar-refractivity contribution in [2.75, 3.05) is 47.4 Å². The molecule has 0 spiro atoms. The molecule has 2 amide bonds. The molecule has 1 saturated heterocycles. The number of ether oxygens (including phenoxy) is 1. The van der Waals surface area contributed by atoms with Crippen LogP contribution < -0.4 is 10.1 Å². The van der Waals surface area contributed by atoms with E-state index in [4.69, 9.17) is 4.74 Å². The molecule has 6 heteroatoms. The highest BCUT2D eigenvalue weighted by molar-refractivity contribution is 5.89. The van der Waals surface area contributed by atoms with E-state index in [0.29, 0.717) is 32.5 Å². The number of nitrogens with one attached hydrogen (secondary N) is 1. The van der Waals surface area contributed by atoms with E-state index in [9.17, 15) is 9.59 Å². The van der Waals surface area contributed by atoms with Crippen molar-refractivity contribution >= 4 is 11.8 Å². The summed E-state index contributed by atoms with van der Waals surface area (Å²) in [5.74, 6) is 0.627. The van der Waals surface area contributed by atoms with Crippen LogP contribution >= 0.6 is 0 Å². The highest BCUT2D eigenvalue weighted by atomic mass is 16.5. The Labute approximate surface area is 143 Å². The van der Waals surface area contributed by atoms with E-state index in [1.807, 2.05) is 43.3 Å². The molecule has 0 bridgehead atoms. The molecule has 1 fully saturated rings. The molecule has 1 aliphatic heterocycles. The van der Waals surface area contributed by atoms with Crippen LogP contribution in [0, 0.1) is 5.92 Å². The number of carbonyl (C=O) groups excluding carboxylic acids is 2. The number of methoxy groups -OCH3 is 1. The van der Waals surface area contributed by atoms with Gasteiger partial charge in [0.2, 0.25) is 11.8 Å². The third-order valence-electron chi connectivity index (χ3n) is 4.29. The Morgan fingerprint density at radius 1 is 1.38 bits per heavy atom. The lowest BCUT2D eigenvalue weighted by atomic mass is 10.1. The molecule has 24 heavy (non-hydrogen) atoms. The molecule has 132 valence electrons. The van der Waals surface area contributed by atoms with Gasteiger partial charge in [0.15, 0.2) is 0 Å². The summed E-state index contributed by atoms with van der Waals surface area (Å²) in [4.78, 5) is 28.1. The fourth-order valence-electron chi connectivity index (χ4n) is 2.86. The molecule has 1 N–H and O–H groups in total. The van der Waals surface area contributed by atoms with Gasteiger partial charge in [0.25, 0.3) is 0 Å². The van der Waals surface area contributed by atoms with Crippen LogP contribution in [-0.2, 0) is 16.0 Å². The fraction of sp³-hybridized carbons (Fsp3) is 0.556. The molecule has 0 aromatic heterocycles. The van der Waals surface area contributed by atoms with Gasteiger partial charge in [-0.1, -0.05) is 18.2 Å². The first kappa shape index (κ1) is 18.3. The third-order valence-corrected chi connectivity index (χ3v) is 4.29. The molecule has 6 nitrogen and oxygen atoms in total. The molecule has 1 aromatic carbocycles. The molecule has 1 unspecified atom stereocenters. The lowest BCUT2D eigenvalue weighted by Crippen LogP contribution is -2.36. The number of likely N-dealkylation sites (N-methyl/N-ethyl adjacent to an activating group) is 1. The summed E-state index contributed by atoms with van der Waals surface area (Å²) in [7, 11) is 5.59. The van der Waals surface area contributed by atoms with E-state index < -0.39 is 0 Å². The summed E-state index contributed by atoms with van der Waals surface area (Å²) < 4.78 is 5.31. The molecule has 1 heterocycles. The maximum atomic E-state index is 12.3. The summed E-state index contributed by atoms with van der Waals surface area (Å²) in [6, 6.07) is 7.79. The number of likely N-dealkylation sites (tertiary alicyclic amines) is 1. The largest absolute Gasteiger partial charge is 0.496 e. The minimum absolute atomic E-state index is 0.0365. The van der Waals surface area contributed by atoms with Crippen molar-refractivity contribution in [3.05, 3.63) is 29.8 Å². The molecule has 0 radical (unpaired) electrons. The average Bonchev–Trinajstić information content (AvgIpc) is 2.94. The highest BCUT2D eigenvalue weighted by Gasteiger charge is 2.33. The summed E-state index contributed by atoms with van der Waals surface area (Å²) in [6.45, 7) is 2.56. The van der Waals surface area contributed by atoms with Crippen molar-refractivity contribution < 1.29 is 14.3 Å². The van der Waals surface area contributed by atoms with Crippen LogP contribution in [0.15, 0.2) is 24.3 Å². The summed E-state index contributed by atoms with van der Waals surface area (Å²) in [5, 5.41) is 2.95. The zero-order chi connectivity index (χ0) is 17.5. The second-order valence-electron chi connectivity index (χ2n) is 6.40. The van der Waals surface area contributed by atoms with Crippen LogP contribution in [0.4, 0.5) is 0 Å². The molecule has 1 atom stereocenters. The van der Waals surface area contributed by atoms with E-state index >= 15 is 0 Å². The predicted octanol–water partition coefficient (Wildman–Crippen LogP) is 0.764. The Bertz CT molecular complexity index is 574. The first-order chi connectivity index (χ1) is 11.5. The number of benzene rings is 1. The van der Waals surface area contributed by atoms with E-state index in [1.165, 1.54) is 0 Å². The lowest BCUT2D eigenvalue weighted by molar-refractivity contribution is -0.129. The highest BCUT2D eigenvalue weighted by Crippen LogP contribution is 2.19. The van der Waals surface area contributed by atoms with Crippen LogP contribution in [0.3, 0.4) is 0 Å². The van der Waals surface area contributed by atoms with Gasteiger partial charge in [0.1, 0.15) is 5.75 Å². The SMILES string of the molecule is COc1ccccc1CCNC(=O)C1CC(=O)N(CCN(C)C)C1. The molecule has 2 rings (SSSR count). The van der Waals surface area contributed by atoms with Crippen molar-refractivity contribution in [3.63, 3.8) is 0 Å². The van der Waals surface area contributed by atoms with E-state index in [2.05, 4.69) is 5.32 Å². The number of nitrogens with zero attached hydrogens (tertiary/aromatic N) is 2. The smallest absolute Gasteiger partial charge is 0.225 e. The van der Waals surface area contributed by atoms with Gasteiger partial charge in [-0.3, -0.25) is 9.59 Å². The minimum Gasteiger partial charge on any atom is -0.496 e. The number of hydrogen-bond donors (Lipinski definition) is 1. The van der Waals surface area contributed by atoms with Crippen molar-refractivity contribution in [2.24, 2.45) is 5.92 Å². The summed E-state index contributed by atoms with van der Waals surface area (Å²) >= 11 is 0. The van der Waals surface area contributed by atoms with Gasteiger partial charge in [0.05, 0.1) is 13.0 Å². The van der Waals surface area contributed by atoms with E-state index in [-0.39, 0.29) is 17.7 Å². The summed E-state index contributed by atoms with van der Waals surface area (Å²) in [6.07, 6.45) is 1.02. The zero-order valence-corrected chi connectivity index (χ0v) is 14.7. The van der Waals surface area contributed by atoms with Crippen molar-refractivity contribution in [1.29, 1.82) is 0 Å². The number of amides is 2. The molecular weight excluding hydrogens is 306 g/mol. The Balaban J connectivity index is 1.78. The van der Waals surface area contributed by atoms with Crippen molar-refractivity contribution in [3.8, 4) is 5.75 Å². The molecular formula is C18H27N3O3. The average molecular weight is 333 g/mol. The number of hydrogen-bond acceptors (Lipinski definition) is 4. The maximum absolute atomic E-state index is 12.3. The standard InChI is InChI=1S/C18H27N3O3/c1-20(2)10-11-21-13-15(12-17(21)22)18(23)19-9-8-14-6-4-5-7-16(14)24-3/h4-7,15H,8-13H2,1-3H3,(H,19,23). The van der Waals surface area contributed by atoms with E-state index in [1.54, 1.807) is 12.0 Å². The topological polar surface area (TPSA) is 61.9 Å². The monoisotopic (exact) mass is 333 g/mol. The van der Waals surface area contributed by atoms with Crippen LogP contribution in [0.1, 0.15) is 12.0 Å². The van der Waals surface area contributed by atoms with Crippen LogP contribution in [-0.4, -0.2) is 69.0 Å². The van der Waals surface area contributed by atoms with Crippen LogP contribution in [0.2, 0.25) is 0 Å². The third kappa shape index (κ3) is 4.96. The Hall–Kier alpha value is -2.08. The van der Waals surface area contributed by atoms with Gasteiger partial charge in [-0.2, -0.15) is 0 Å². The van der Waals surface area contributed by atoms with Gasteiger partial charge >= 0.3 is 0 Å². The zero-order valence-electron chi connectivity index (χ0n) is 14.7. The number of carbonyl (C=O) groups is 2. The van der Waals surface area contributed by atoms with Crippen molar-refractivity contribution in [2.45, 2.75) is 12.8 Å². The maximum Gasteiger partial charge on any atom is 0.225 e. The number of rotatable bonds is 8. The molecule has 0 aliphatic carbocycles. The first-order valence-corrected chi connectivity index (χ1v) is 8.33. The van der Waals surface area contributed by atoms with Gasteiger partial charge < -0.3 is 19.9 Å². The summed E-state index contributed by atoms with van der Waals surface area (Å²) in [5.41, 5.74) is 1.07. The van der Waals surface area contributed by atoms with Crippen LogP contribution in [0.25, 0.3) is 0 Å². The Kier molecular flexibility index (Phi) is 6.61. The molecule has 0 saturated carbocycles.